The molecule has 1 heterocycles. The van der Waals surface area contributed by atoms with E-state index >= 15 is 0 Å². The average molecular weight is 259 g/mol. The molecule has 1 atom stereocenters. The quantitative estimate of drug-likeness (QED) is 0.707. The SMILES string of the molecule is CCCC(OCC)C(=O)c1c(Cl)cnn1CC. The zero-order valence-corrected chi connectivity index (χ0v) is 11.3. The van der Waals surface area contributed by atoms with E-state index in [1.807, 2.05) is 20.8 Å². The second kappa shape index (κ2) is 6.77. The van der Waals surface area contributed by atoms with E-state index in [1.54, 1.807) is 4.68 Å². The summed E-state index contributed by atoms with van der Waals surface area (Å²) in [6.45, 7) is 6.98. The molecule has 0 aromatic carbocycles. The summed E-state index contributed by atoms with van der Waals surface area (Å²) in [6, 6.07) is 0. The van der Waals surface area contributed by atoms with Crippen LogP contribution in [0.4, 0.5) is 0 Å². The third-order valence-electron chi connectivity index (χ3n) is 2.54. The van der Waals surface area contributed by atoms with E-state index in [9.17, 15) is 4.79 Å². The predicted molar refractivity (Wildman–Crippen MR) is 67.6 cm³/mol. The van der Waals surface area contributed by atoms with Gasteiger partial charge in [0.2, 0.25) is 5.78 Å². The van der Waals surface area contributed by atoms with Crippen molar-refractivity contribution >= 4 is 17.4 Å². The molecule has 17 heavy (non-hydrogen) atoms. The number of rotatable bonds is 7. The Morgan fingerprint density at radius 1 is 1.53 bits per heavy atom. The molecule has 5 heteroatoms. The minimum absolute atomic E-state index is 0.0712. The number of aryl methyl sites for hydroxylation is 1. The van der Waals surface area contributed by atoms with Crippen molar-refractivity contribution in [3.8, 4) is 0 Å². The van der Waals surface area contributed by atoms with E-state index < -0.39 is 6.10 Å². The summed E-state index contributed by atoms with van der Waals surface area (Å²) in [7, 11) is 0. The minimum atomic E-state index is -0.413. The van der Waals surface area contributed by atoms with Gasteiger partial charge in [0.1, 0.15) is 11.8 Å². The number of ketones is 1. The van der Waals surface area contributed by atoms with Gasteiger partial charge < -0.3 is 4.74 Å². The fraction of sp³-hybridized carbons (Fsp3) is 0.667. The zero-order chi connectivity index (χ0) is 12.8. The molecule has 4 nitrogen and oxygen atoms in total. The van der Waals surface area contributed by atoms with Crippen LogP contribution in [0.2, 0.25) is 5.02 Å². The largest absolute Gasteiger partial charge is 0.370 e. The molecule has 96 valence electrons. The number of hydrogen-bond donors (Lipinski definition) is 0. The maximum Gasteiger partial charge on any atom is 0.211 e. The van der Waals surface area contributed by atoms with Crippen molar-refractivity contribution in [3.63, 3.8) is 0 Å². The van der Waals surface area contributed by atoms with Gasteiger partial charge in [-0.05, 0) is 20.3 Å². The number of carbonyl (C=O) groups excluding carboxylic acids is 1. The maximum atomic E-state index is 12.3. The molecule has 0 aliphatic carbocycles. The number of aromatic nitrogens is 2. The van der Waals surface area contributed by atoms with E-state index in [4.69, 9.17) is 16.3 Å². The van der Waals surface area contributed by atoms with Crippen LogP contribution >= 0.6 is 11.6 Å². The Morgan fingerprint density at radius 3 is 2.76 bits per heavy atom. The van der Waals surface area contributed by atoms with Gasteiger partial charge in [-0.3, -0.25) is 9.48 Å². The molecule has 1 rings (SSSR count). The molecule has 0 spiro atoms. The highest BCUT2D eigenvalue weighted by atomic mass is 35.5. The van der Waals surface area contributed by atoms with Crippen molar-refractivity contribution in [2.24, 2.45) is 0 Å². The monoisotopic (exact) mass is 258 g/mol. The van der Waals surface area contributed by atoms with Crippen molar-refractivity contribution in [2.45, 2.75) is 46.3 Å². The van der Waals surface area contributed by atoms with Crippen molar-refractivity contribution in [1.29, 1.82) is 0 Å². The van der Waals surface area contributed by atoms with Gasteiger partial charge in [0, 0.05) is 13.2 Å². The first-order valence-electron chi connectivity index (χ1n) is 6.02. The van der Waals surface area contributed by atoms with E-state index in [1.165, 1.54) is 6.20 Å². The molecule has 1 aromatic rings. The summed E-state index contributed by atoms with van der Waals surface area (Å²) in [5, 5.41) is 4.47. The van der Waals surface area contributed by atoms with Crippen LogP contribution < -0.4 is 0 Å². The highest BCUT2D eigenvalue weighted by molar-refractivity contribution is 6.33. The van der Waals surface area contributed by atoms with Crippen LogP contribution in [0, 0.1) is 0 Å². The van der Waals surface area contributed by atoms with Gasteiger partial charge in [-0.2, -0.15) is 5.10 Å². The normalized spacial score (nSPS) is 12.7. The summed E-state index contributed by atoms with van der Waals surface area (Å²) in [6.07, 6.45) is 2.70. The lowest BCUT2D eigenvalue weighted by Gasteiger charge is -2.15. The highest BCUT2D eigenvalue weighted by Gasteiger charge is 2.25. The van der Waals surface area contributed by atoms with Crippen LogP contribution in [0.1, 0.15) is 44.1 Å². The lowest BCUT2D eigenvalue weighted by atomic mass is 10.1. The fourth-order valence-electron chi connectivity index (χ4n) is 1.75. The Hall–Kier alpha value is -0.870. The van der Waals surface area contributed by atoms with Gasteiger partial charge in [0.25, 0.3) is 0 Å². The molecule has 0 fully saturated rings. The third kappa shape index (κ3) is 3.30. The van der Waals surface area contributed by atoms with Crippen LogP contribution in [0.25, 0.3) is 0 Å². The average Bonchev–Trinajstić information content (AvgIpc) is 2.69. The van der Waals surface area contributed by atoms with Gasteiger partial charge in [0.05, 0.1) is 11.2 Å². The number of halogens is 1. The lowest BCUT2D eigenvalue weighted by molar-refractivity contribution is 0.0414. The molecule has 0 bridgehead atoms. The van der Waals surface area contributed by atoms with Crippen molar-refractivity contribution < 1.29 is 9.53 Å². The van der Waals surface area contributed by atoms with E-state index in [2.05, 4.69) is 5.10 Å². The van der Waals surface area contributed by atoms with Gasteiger partial charge in [-0.15, -0.1) is 0 Å². The number of carbonyl (C=O) groups is 1. The van der Waals surface area contributed by atoms with E-state index in [0.29, 0.717) is 30.3 Å². The van der Waals surface area contributed by atoms with Crippen LogP contribution in [-0.2, 0) is 11.3 Å². The number of ether oxygens (including phenoxy) is 1. The Balaban J connectivity index is 2.95. The van der Waals surface area contributed by atoms with Crippen molar-refractivity contribution in [3.05, 3.63) is 16.9 Å². The van der Waals surface area contributed by atoms with Crippen molar-refractivity contribution in [2.75, 3.05) is 6.61 Å². The third-order valence-corrected chi connectivity index (χ3v) is 2.82. The van der Waals surface area contributed by atoms with Crippen molar-refractivity contribution in [1.82, 2.24) is 9.78 Å². The van der Waals surface area contributed by atoms with Gasteiger partial charge >= 0.3 is 0 Å². The van der Waals surface area contributed by atoms with E-state index in [0.717, 1.165) is 6.42 Å². The summed E-state index contributed by atoms with van der Waals surface area (Å²) in [5.41, 5.74) is 0.459. The second-order valence-electron chi connectivity index (χ2n) is 3.75. The Kier molecular flexibility index (Phi) is 5.65. The fourth-order valence-corrected chi connectivity index (χ4v) is 1.99. The Labute approximate surface area is 107 Å². The molecular weight excluding hydrogens is 240 g/mol. The zero-order valence-electron chi connectivity index (χ0n) is 10.6. The van der Waals surface area contributed by atoms with Crippen LogP contribution in [0.15, 0.2) is 6.20 Å². The van der Waals surface area contributed by atoms with Crippen LogP contribution in [-0.4, -0.2) is 28.3 Å². The second-order valence-corrected chi connectivity index (χ2v) is 4.16. The van der Waals surface area contributed by atoms with Gasteiger partial charge in [0.15, 0.2) is 0 Å². The standard InChI is InChI=1S/C12H19ClN2O2/c1-4-7-10(17-6-3)12(16)11-9(13)8-14-15(11)5-2/h8,10H,4-7H2,1-3H3. The summed E-state index contributed by atoms with van der Waals surface area (Å²) < 4.78 is 7.09. The highest BCUT2D eigenvalue weighted by Crippen LogP contribution is 2.19. The van der Waals surface area contributed by atoms with Gasteiger partial charge in [-0.25, -0.2) is 0 Å². The molecule has 0 aliphatic rings. The predicted octanol–water partition coefficient (Wildman–Crippen LogP) is 2.94. The summed E-state index contributed by atoms with van der Waals surface area (Å²) in [5.74, 6) is -0.0712. The van der Waals surface area contributed by atoms with Crippen LogP contribution in [0.3, 0.4) is 0 Å². The molecule has 1 aromatic heterocycles. The number of Topliss-reactive ketones (excluding diaryl/α,β-unsaturated/α-hetero) is 1. The summed E-state index contributed by atoms with van der Waals surface area (Å²) >= 11 is 6.00. The smallest absolute Gasteiger partial charge is 0.211 e. The lowest BCUT2D eigenvalue weighted by Crippen LogP contribution is -2.27. The number of nitrogens with zero attached hydrogens (tertiary/aromatic N) is 2. The van der Waals surface area contributed by atoms with E-state index in [-0.39, 0.29) is 5.78 Å². The molecule has 0 saturated carbocycles. The molecule has 0 saturated heterocycles. The first kappa shape index (κ1) is 14.2. The molecule has 0 N–H and O–H groups in total. The van der Waals surface area contributed by atoms with Crippen LogP contribution in [0.5, 0.6) is 0 Å². The Morgan fingerprint density at radius 2 is 2.24 bits per heavy atom. The topological polar surface area (TPSA) is 44.1 Å². The number of hydrogen-bond acceptors (Lipinski definition) is 3. The minimum Gasteiger partial charge on any atom is -0.370 e. The van der Waals surface area contributed by atoms with Gasteiger partial charge in [-0.1, -0.05) is 24.9 Å². The Bertz CT molecular complexity index is 371. The molecule has 0 radical (unpaired) electrons. The first-order valence-corrected chi connectivity index (χ1v) is 6.40. The first-order chi connectivity index (χ1) is 8.15. The molecule has 1 unspecified atom stereocenters. The maximum absolute atomic E-state index is 12.3. The molecule has 0 aliphatic heterocycles. The molecule has 0 amide bonds. The molecular formula is C12H19ClN2O2. The summed E-state index contributed by atoms with van der Waals surface area (Å²) in [4.78, 5) is 12.3.